The molecule has 0 aromatic heterocycles. The van der Waals surface area contributed by atoms with E-state index in [1.54, 1.807) is 25.7 Å². The van der Waals surface area contributed by atoms with Crippen molar-refractivity contribution in [2.24, 2.45) is 0 Å². The average molecular weight is 536 g/mol. The van der Waals surface area contributed by atoms with E-state index >= 15 is 0 Å². The highest BCUT2D eigenvalue weighted by molar-refractivity contribution is 5.92. The summed E-state index contributed by atoms with van der Waals surface area (Å²) in [6.07, 6.45) is 5.25. The summed E-state index contributed by atoms with van der Waals surface area (Å²) >= 11 is 0. The van der Waals surface area contributed by atoms with Crippen molar-refractivity contribution in [2.45, 2.75) is 103 Å². The minimum Gasteiger partial charge on any atom is -0.444 e. The highest BCUT2D eigenvalue weighted by atomic mass is 16.6. The number of nitrogens with one attached hydrogen (secondary N) is 2. The Kier molecular flexibility index (Phi) is 11.0. The zero-order valence-corrected chi connectivity index (χ0v) is 24.2. The molecule has 2 aromatic rings. The fourth-order valence-electron chi connectivity index (χ4n) is 4.86. The van der Waals surface area contributed by atoms with Gasteiger partial charge in [-0.05, 0) is 70.1 Å². The number of ether oxygens (including phenoxy) is 1. The third-order valence-electron chi connectivity index (χ3n) is 7.08. The van der Waals surface area contributed by atoms with Crippen molar-refractivity contribution in [2.75, 3.05) is 6.54 Å². The van der Waals surface area contributed by atoms with E-state index in [0.717, 1.165) is 55.2 Å². The van der Waals surface area contributed by atoms with E-state index in [0.29, 0.717) is 13.0 Å². The van der Waals surface area contributed by atoms with E-state index in [-0.39, 0.29) is 17.9 Å². The van der Waals surface area contributed by atoms with Gasteiger partial charge in [0.15, 0.2) is 0 Å². The molecule has 212 valence electrons. The molecule has 2 unspecified atom stereocenters. The summed E-state index contributed by atoms with van der Waals surface area (Å²) in [5, 5.41) is 5.94. The molecule has 0 radical (unpaired) electrons. The van der Waals surface area contributed by atoms with Gasteiger partial charge in [0.05, 0.1) is 0 Å². The summed E-state index contributed by atoms with van der Waals surface area (Å²) in [4.78, 5) is 42.9. The van der Waals surface area contributed by atoms with Gasteiger partial charge in [0.25, 0.3) is 0 Å². The molecule has 0 saturated heterocycles. The van der Waals surface area contributed by atoms with Crippen molar-refractivity contribution in [1.82, 2.24) is 15.5 Å². The number of alkyl carbamates (subject to hydrolysis) is 1. The van der Waals surface area contributed by atoms with Gasteiger partial charge >= 0.3 is 6.09 Å². The average Bonchev–Trinajstić information content (AvgIpc) is 2.85. The molecule has 39 heavy (non-hydrogen) atoms. The van der Waals surface area contributed by atoms with E-state index in [4.69, 9.17) is 4.74 Å². The zero-order chi connectivity index (χ0) is 28.4. The molecular weight excluding hydrogens is 490 g/mol. The predicted octanol–water partition coefficient (Wildman–Crippen LogP) is 5.86. The van der Waals surface area contributed by atoms with Crippen LogP contribution in [-0.2, 0) is 20.7 Å². The molecule has 1 saturated carbocycles. The number of aryl methyl sites for hydroxylation is 1. The van der Waals surface area contributed by atoms with Crippen LogP contribution in [0.3, 0.4) is 0 Å². The standard InChI is InChI=1S/C32H45N3O4/c1-6-7-13-21-33-29(36)28(26-20-12-11-15-23(26)2)35(25-18-14-19-25)30(37)27(22-24-16-9-8-10-17-24)34-31(38)39-32(3,4)5/h8-12,15-17,20,25,27-28H,6-7,13-14,18-19,21-22H2,1-5H3,(H,33,36)(H,34,38). The van der Waals surface area contributed by atoms with Crippen molar-refractivity contribution < 1.29 is 19.1 Å². The molecule has 2 atom stereocenters. The number of unbranched alkanes of at least 4 members (excludes halogenated alkanes) is 2. The second kappa shape index (κ2) is 14.2. The minimum absolute atomic E-state index is 0.0813. The highest BCUT2D eigenvalue weighted by Gasteiger charge is 2.42. The largest absolute Gasteiger partial charge is 0.444 e. The van der Waals surface area contributed by atoms with Crippen molar-refractivity contribution in [1.29, 1.82) is 0 Å². The lowest BCUT2D eigenvalue weighted by Gasteiger charge is -2.44. The maximum atomic E-state index is 14.5. The van der Waals surface area contributed by atoms with Gasteiger partial charge in [0.1, 0.15) is 17.7 Å². The van der Waals surface area contributed by atoms with Crippen LogP contribution < -0.4 is 10.6 Å². The van der Waals surface area contributed by atoms with Gasteiger partial charge < -0.3 is 20.3 Å². The number of amides is 3. The maximum absolute atomic E-state index is 14.5. The van der Waals surface area contributed by atoms with Crippen LogP contribution >= 0.6 is 0 Å². The molecule has 0 spiro atoms. The van der Waals surface area contributed by atoms with Gasteiger partial charge in [-0.25, -0.2) is 4.79 Å². The fraction of sp³-hybridized carbons (Fsp3) is 0.531. The third-order valence-corrected chi connectivity index (χ3v) is 7.08. The predicted molar refractivity (Wildman–Crippen MR) is 154 cm³/mol. The smallest absolute Gasteiger partial charge is 0.408 e. The van der Waals surface area contributed by atoms with Gasteiger partial charge in [-0.15, -0.1) is 0 Å². The molecule has 7 nitrogen and oxygen atoms in total. The van der Waals surface area contributed by atoms with E-state index in [9.17, 15) is 14.4 Å². The van der Waals surface area contributed by atoms with E-state index in [1.165, 1.54) is 0 Å². The Labute approximate surface area is 233 Å². The Morgan fingerprint density at radius 1 is 1.00 bits per heavy atom. The van der Waals surface area contributed by atoms with E-state index in [1.807, 2.05) is 61.5 Å². The first-order valence-electron chi connectivity index (χ1n) is 14.3. The van der Waals surface area contributed by atoms with Crippen LogP contribution in [0.2, 0.25) is 0 Å². The summed E-state index contributed by atoms with van der Waals surface area (Å²) in [5.41, 5.74) is 1.96. The van der Waals surface area contributed by atoms with Gasteiger partial charge in [-0.1, -0.05) is 74.4 Å². The maximum Gasteiger partial charge on any atom is 0.408 e. The quantitative estimate of drug-likeness (QED) is 0.333. The van der Waals surface area contributed by atoms with Crippen molar-refractivity contribution in [3.63, 3.8) is 0 Å². The SMILES string of the molecule is CCCCCNC(=O)C(c1ccccc1C)N(C(=O)C(Cc1ccccc1)NC(=O)OC(C)(C)C)C1CCC1. The van der Waals surface area contributed by atoms with Crippen molar-refractivity contribution in [3.05, 3.63) is 71.3 Å². The number of hydrogen-bond donors (Lipinski definition) is 2. The van der Waals surface area contributed by atoms with Crippen LogP contribution in [-0.4, -0.2) is 47.0 Å². The minimum atomic E-state index is -0.887. The lowest BCUT2D eigenvalue weighted by atomic mass is 9.87. The van der Waals surface area contributed by atoms with Crippen LogP contribution in [0.1, 0.15) is 89.0 Å². The third kappa shape index (κ3) is 8.84. The zero-order valence-electron chi connectivity index (χ0n) is 24.2. The first kappa shape index (κ1) is 30.2. The van der Waals surface area contributed by atoms with Crippen LogP contribution in [0.4, 0.5) is 4.79 Å². The second-order valence-electron chi connectivity index (χ2n) is 11.5. The van der Waals surface area contributed by atoms with Crippen LogP contribution in [0.5, 0.6) is 0 Å². The molecule has 0 aliphatic heterocycles. The van der Waals surface area contributed by atoms with Gasteiger partial charge in [0.2, 0.25) is 11.8 Å². The molecule has 2 N–H and O–H groups in total. The summed E-state index contributed by atoms with van der Waals surface area (Å²) in [6, 6.07) is 15.6. The van der Waals surface area contributed by atoms with Gasteiger partial charge in [-0.2, -0.15) is 0 Å². The molecule has 3 rings (SSSR count). The number of carbonyl (C=O) groups is 3. The lowest BCUT2D eigenvalue weighted by molar-refractivity contribution is -0.147. The van der Waals surface area contributed by atoms with E-state index < -0.39 is 23.8 Å². The summed E-state index contributed by atoms with van der Waals surface area (Å²) in [5.74, 6) is -0.456. The first-order chi connectivity index (χ1) is 18.6. The Morgan fingerprint density at radius 3 is 2.26 bits per heavy atom. The normalized spacial score (nSPS) is 15.0. The number of hydrogen-bond acceptors (Lipinski definition) is 4. The topological polar surface area (TPSA) is 87.7 Å². The first-order valence-corrected chi connectivity index (χ1v) is 14.3. The van der Waals surface area contributed by atoms with Crippen molar-refractivity contribution in [3.8, 4) is 0 Å². The lowest BCUT2D eigenvalue weighted by Crippen LogP contribution is -2.58. The van der Waals surface area contributed by atoms with Gasteiger partial charge in [0, 0.05) is 19.0 Å². The van der Waals surface area contributed by atoms with Crippen LogP contribution in [0, 0.1) is 6.92 Å². The Hall–Kier alpha value is -3.35. The molecule has 1 fully saturated rings. The molecule has 1 aliphatic carbocycles. The monoisotopic (exact) mass is 535 g/mol. The Balaban J connectivity index is 1.99. The molecular formula is C32H45N3O4. The Bertz CT molecular complexity index is 1090. The van der Waals surface area contributed by atoms with E-state index in [2.05, 4.69) is 17.6 Å². The summed E-state index contributed by atoms with van der Waals surface area (Å²) in [7, 11) is 0. The van der Waals surface area contributed by atoms with Crippen molar-refractivity contribution >= 4 is 17.9 Å². The molecule has 1 aliphatic rings. The Morgan fingerprint density at radius 2 is 1.67 bits per heavy atom. The number of nitrogens with zero attached hydrogens (tertiary/aromatic N) is 1. The molecule has 7 heteroatoms. The van der Waals surface area contributed by atoms with Crippen LogP contribution in [0.15, 0.2) is 54.6 Å². The number of carbonyl (C=O) groups excluding carboxylic acids is 3. The summed E-state index contributed by atoms with van der Waals surface area (Å²) < 4.78 is 5.52. The molecule has 0 bridgehead atoms. The molecule has 3 amide bonds. The van der Waals surface area contributed by atoms with Crippen LogP contribution in [0.25, 0.3) is 0 Å². The van der Waals surface area contributed by atoms with Gasteiger partial charge in [-0.3, -0.25) is 9.59 Å². The molecule has 2 aromatic carbocycles. The number of rotatable bonds is 12. The summed E-state index contributed by atoms with van der Waals surface area (Å²) in [6.45, 7) is 10.0. The second-order valence-corrected chi connectivity index (χ2v) is 11.5. The number of benzene rings is 2. The fourth-order valence-corrected chi connectivity index (χ4v) is 4.86. The highest BCUT2D eigenvalue weighted by Crippen LogP contribution is 2.35. The molecule has 0 heterocycles.